The molecule has 1 spiro atoms. The summed E-state index contributed by atoms with van der Waals surface area (Å²) in [5.41, 5.74) is -0.868. The van der Waals surface area contributed by atoms with Crippen LogP contribution in [-0.4, -0.2) is 57.2 Å². The summed E-state index contributed by atoms with van der Waals surface area (Å²) in [5, 5.41) is 9.67. The second kappa shape index (κ2) is 7.84. The first-order valence-electron chi connectivity index (χ1n) is 10.1. The number of rotatable bonds is 6. The molecule has 1 aliphatic heterocycles. The highest BCUT2D eigenvalue weighted by molar-refractivity contribution is 6.09. The summed E-state index contributed by atoms with van der Waals surface area (Å²) in [5.74, 6) is -1.12. The number of nitrogens with one attached hydrogen (secondary N) is 2. The predicted molar refractivity (Wildman–Crippen MR) is 101 cm³/mol. The number of carbonyl (C=O) groups excluding carboxylic acids is 4. The molecule has 3 fully saturated rings. The van der Waals surface area contributed by atoms with Crippen molar-refractivity contribution in [1.29, 1.82) is 0 Å². The predicted octanol–water partition coefficient (Wildman–Crippen LogP) is 1.34. The molecule has 156 valence electrons. The first kappa shape index (κ1) is 19.4. The van der Waals surface area contributed by atoms with E-state index in [2.05, 4.69) is 15.7 Å². The van der Waals surface area contributed by atoms with Crippen LogP contribution in [0.2, 0.25) is 0 Å². The third-order valence-corrected chi connectivity index (χ3v) is 5.96. The van der Waals surface area contributed by atoms with Gasteiger partial charge in [0.2, 0.25) is 0 Å². The first-order valence-corrected chi connectivity index (χ1v) is 10.1. The summed E-state index contributed by atoms with van der Waals surface area (Å²) in [6.07, 6.45) is 8.83. The van der Waals surface area contributed by atoms with Gasteiger partial charge in [0, 0.05) is 6.07 Å². The number of imide groups is 1. The van der Waals surface area contributed by atoms with Crippen molar-refractivity contribution in [2.75, 3.05) is 18.5 Å². The largest absolute Gasteiger partial charge is 0.454 e. The SMILES string of the molecule is O=C(COC(=O)CN1C(=O)NC2(CCCC2)C1=O)Nc1ccnn1C1CCCC1. The van der Waals surface area contributed by atoms with E-state index < -0.39 is 36.6 Å². The first-order chi connectivity index (χ1) is 14.0. The third-order valence-electron chi connectivity index (χ3n) is 5.96. The Morgan fingerprint density at radius 1 is 1.21 bits per heavy atom. The monoisotopic (exact) mass is 403 g/mol. The highest BCUT2D eigenvalue weighted by Gasteiger charge is 2.52. The van der Waals surface area contributed by atoms with Crippen molar-refractivity contribution in [1.82, 2.24) is 20.0 Å². The number of anilines is 1. The Kier molecular flexibility index (Phi) is 5.25. The summed E-state index contributed by atoms with van der Waals surface area (Å²) < 4.78 is 6.77. The molecule has 1 aromatic rings. The maximum Gasteiger partial charge on any atom is 0.326 e. The molecule has 1 saturated heterocycles. The van der Waals surface area contributed by atoms with Crippen LogP contribution in [0.3, 0.4) is 0 Å². The minimum atomic E-state index is -0.868. The summed E-state index contributed by atoms with van der Waals surface area (Å²) in [7, 11) is 0. The number of hydrogen-bond donors (Lipinski definition) is 2. The quantitative estimate of drug-likeness (QED) is 0.546. The molecule has 0 radical (unpaired) electrons. The number of hydrogen-bond acceptors (Lipinski definition) is 6. The van der Waals surface area contributed by atoms with Gasteiger partial charge in [-0.05, 0) is 25.7 Å². The van der Waals surface area contributed by atoms with Crippen LogP contribution in [0.4, 0.5) is 10.6 Å². The average molecular weight is 403 g/mol. The number of esters is 1. The molecule has 0 aromatic carbocycles. The van der Waals surface area contributed by atoms with Crippen LogP contribution in [0.25, 0.3) is 0 Å². The molecule has 0 unspecified atom stereocenters. The Bertz CT molecular complexity index is 823. The molecule has 1 aromatic heterocycles. The van der Waals surface area contributed by atoms with Crippen molar-refractivity contribution in [2.45, 2.75) is 62.9 Å². The van der Waals surface area contributed by atoms with Crippen molar-refractivity contribution >= 4 is 29.6 Å². The number of aromatic nitrogens is 2. The number of urea groups is 1. The van der Waals surface area contributed by atoms with Crippen LogP contribution < -0.4 is 10.6 Å². The van der Waals surface area contributed by atoms with Crippen molar-refractivity contribution < 1.29 is 23.9 Å². The van der Waals surface area contributed by atoms with E-state index in [4.69, 9.17) is 4.74 Å². The molecule has 2 heterocycles. The minimum absolute atomic E-state index is 0.269. The Morgan fingerprint density at radius 3 is 2.66 bits per heavy atom. The van der Waals surface area contributed by atoms with Gasteiger partial charge in [-0.15, -0.1) is 0 Å². The highest BCUT2D eigenvalue weighted by Crippen LogP contribution is 2.35. The molecular weight excluding hydrogens is 378 g/mol. The number of nitrogens with zero attached hydrogens (tertiary/aromatic N) is 3. The molecule has 29 heavy (non-hydrogen) atoms. The van der Waals surface area contributed by atoms with E-state index in [1.165, 1.54) is 0 Å². The maximum atomic E-state index is 12.5. The molecule has 10 heteroatoms. The Labute approximate surface area is 167 Å². The lowest BCUT2D eigenvalue weighted by Gasteiger charge is -2.19. The van der Waals surface area contributed by atoms with Gasteiger partial charge in [-0.25, -0.2) is 9.48 Å². The molecule has 0 bridgehead atoms. The van der Waals surface area contributed by atoms with Crippen molar-refractivity contribution in [3.8, 4) is 0 Å². The van der Waals surface area contributed by atoms with Crippen LogP contribution in [0, 0.1) is 0 Å². The smallest absolute Gasteiger partial charge is 0.326 e. The molecule has 2 saturated carbocycles. The second-order valence-electron chi connectivity index (χ2n) is 7.92. The van der Waals surface area contributed by atoms with E-state index >= 15 is 0 Å². The van der Waals surface area contributed by atoms with Gasteiger partial charge in [-0.3, -0.25) is 19.3 Å². The Hall–Kier alpha value is -2.91. The van der Waals surface area contributed by atoms with Crippen molar-refractivity contribution in [2.24, 2.45) is 0 Å². The van der Waals surface area contributed by atoms with Crippen molar-refractivity contribution in [3.63, 3.8) is 0 Å². The van der Waals surface area contributed by atoms with E-state index in [9.17, 15) is 19.2 Å². The maximum absolute atomic E-state index is 12.5. The van der Waals surface area contributed by atoms with Crippen LogP contribution >= 0.6 is 0 Å². The summed E-state index contributed by atoms with van der Waals surface area (Å²) >= 11 is 0. The van der Waals surface area contributed by atoms with Gasteiger partial charge in [0.1, 0.15) is 17.9 Å². The fraction of sp³-hybridized carbons (Fsp3) is 0.632. The fourth-order valence-corrected chi connectivity index (χ4v) is 4.49. The minimum Gasteiger partial charge on any atom is -0.454 e. The van der Waals surface area contributed by atoms with E-state index in [0.29, 0.717) is 18.7 Å². The van der Waals surface area contributed by atoms with E-state index in [0.717, 1.165) is 43.4 Å². The van der Waals surface area contributed by atoms with Gasteiger partial charge < -0.3 is 15.4 Å². The van der Waals surface area contributed by atoms with Gasteiger partial charge in [0.05, 0.1) is 12.2 Å². The lowest BCUT2D eigenvalue weighted by Crippen LogP contribution is -2.44. The zero-order chi connectivity index (χ0) is 20.4. The van der Waals surface area contributed by atoms with Gasteiger partial charge in [-0.1, -0.05) is 25.7 Å². The highest BCUT2D eigenvalue weighted by atomic mass is 16.5. The van der Waals surface area contributed by atoms with Gasteiger partial charge >= 0.3 is 12.0 Å². The summed E-state index contributed by atoms with van der Waals surface area (Å²) in [4.78, 5) is 49.7. The van der Waals surface area contributed by atoms with Crippen molar-refractivity contribution in [3.05, 3.63) is 12.3 Å². The van der Waals surface area contributed by atoms with Gasteiger partial charge in [0.15, 0.2) is 6.61 Å². The molecular formula is C19H25N5O5. The van der Waals surface area contributed by atoms with E-state index in [1.807, 2.05) is 0 Å². The van der Waals surface area contributed by atoms with Gasteiger partial charge in [-0.2, -0.15) is 5.10 Å². The summed E-state index contributed by atoms with van der Waals surface area (Å²) in [6, 6.07) is 1.39. The molecule has 4 rings (SSSR count). The zero-order valence-electron chi connectivity index (χ0n) is 16.2. The average Bonchev–Trinajstić information content (AvgIpc) is 3.47. The normalized spacial score (nSPS) is 21.0. The van der Waals surface area contributed by atoms with Crippen LogP contribution in [0.1, 0.15) is 57.4 Å². The molecule has 3 aliphatic rings. The van der Waals surface area contributed by atoms with Crippen LogP contribution in [0.5, 0.6) is 0 Å². The Morgan fingerprint density at radius 2 is 1.93 bits per heavy atom. The molecule has 4 amide bonds. The third kappa shape index (κ3) is 3.83. The summed E-state index contributed by atoms with van der Waals surface area (Å²) in [6.45, 7) is -0.997. The standard InChI is InChI=1S/C19H25N5O5/c25-15(21-14-7-10-20-24(14)13-5-1-2-6-13)12-29-16(26)11-23-17(27)19(22-18(23)28)8-3-4-9-19/h7,10,13H,1-6,8-9,11-12H2,(H,21,25)(H,22,28). The van der Waals surface area contributed by atoms with Gasteiger partial charge in [0.25, 0.3) is 11.8 Å². The number of carbonyl (C=O) groups is 4. The van der Waals surface area contributed by atoms with Crippen LogP contribution in [0.15, 0.2) is 12.3 Å². The van der Waals surface area contributed by atoms with E-state index in [1.54, 1.807) is 16.9 Å². The Balaban J connectivity index is 1.27. The molecule has 0 atom stereocenters. The zero-order valence-corrected chi connectivity index (χ0v) is 16.2. The molecule has 2 N–H and O–H groups in total. The second-order valence-corrected chi connectivity index (χ2v) is 7.92. The van der Waals surface area contributed by atoms with E-state index in [-0.39, 0.29) is 11.9 Å². The topological polar surface area (TPSA) is 123 Å². The number of amides is 4. The fourth-order valence-electron chi connectivity index (χ4n) is 4.49. The lowest BCUT2D eigenvalue weighted by molar-refractivity contribution is -0.150. The number of ether oxygens (including phenoxy) is 1. The molecule has 10 nitrogen and oxygen atoms in total. The molecule has 2 aliphatic carbocycles. The lowest BCUT2D eigenvalue weighted by atomic mass is 9.98. The van der Waals surface area contributed by atoms with Crippen LogP contribution in [-0.2, 0) is 19.1 Å².